The Balaban J connectivity index is 2.55. The standard InChI is InChI=1S/C13H16N4O3/c1-2-6-16-13(18)5-7-15-11-3-4-12(17(19)20)10(8-11)9-14/h3-4,8,15H,2,5-7H2,1H3,(H,16,18). The third kappa shape index (κ3) is 4.57. The third-order valence-corrected chi connectivity index (χ3v) is 2.57. The number of amides is 1. The third-order valence-electron chi connectivity index (χ3n) is 2.57. The van der Waals surface area contributed by atoms with Gasteiger partial charge in [0, 0.05) is 31.3 Å². The van der Waals surface area contributed by atoms with Crippen LogP contribution in [0.4, 0.5) is 11.4 Å². The van der Waals surface area contributed by atoms with Crippen molar-refractivity contribution in [3.8, 4) is 6.07 Å². The van der Waals surface area contributed by atoms with Crippen molar-refractivity contribution in [1.29, 1.82) is 5.26 Å². The molecule has 0 heterocycles. The molecule has 0 aliphatic carbocycles. The van der Waals surface area contributed by atoms with Crippen LogP contribution in [0.3, 0.4) is 0 Å². The molecule has 20 heavy (non-hydrogen) atoms. The van der Waals surface area contributed by atoms with Crippen molar-refractivity contribution >= 4 is 17.3 Å². The van der Waals surface area contributed by atoms with Crippen LogP contribution in [0, 0.1) is 21.4 Å². The minimum atomic E-state index is -0.597. The lowest BCUT2D eigenvalue weighted by Gasteiger charge is -2.07. The molecule has 0 radical (unpaired) electrons. The summed E-state index contributed by atoms with van der Waals surface area (Å²) in [5, 5.41) is 25.2. The summed E-state index contributed by atoms with van der Waals surface area (Å²) >= 11 is 0. The summed E-state index contributed by atoms with van der Waals surface area (Å²) in [7, 11) is 0. The van der Waals surface area contributed by atoms with E-state index in [9.17, 15) is 14.9 Å². The number of carbonyl (C=O) groups excluding carboxylic acids is 1. The number of hydrogen-bond acceptors (Lipinski definition) is 5. The highest BCUT2D eigenvalue weighted by Crippen LogP contribution is 2.21. The Bertz CT molecular complexity index is 537. The molecule has 0 spiro atoms. The van der Waals surface area contributed by atoms with Crippen LogP contribution >= 0.6 is 0 Å². The lowest BCUT2D eigenvalue weighted by Crippen LogP contribution is -2.25. The molecule has 0 bridgehead atoms. The first-order chi connectivity index (χ1) is 9.58. The highest BCUT2D eigenvalue weighted by atomic mass is 16.6. The predicted molar refractivity (Wildman–Crippen MR) is 74.2 cm³/mol. The monoisotopic (exact) mass is 276 g/mol. The number of nitro groups is 1. The van der Waals surface area contributed by atoms with Gasteiger partial charge in [-0.1, -0.05) is 6.92 Å². The fourth-order valence-corrected chi connectivity index (χ4v) is 1.57. The number of anilines is 1. The van der Waals surface area contributed by atoms with Crippen molar-refractivity contribution in [3.63, 3.8) is 0 Å². The Labute approximate surface area is 116 Å². The van der Waals surface area contributed by atoms with E-state index in [4.69, 9.17) is 5.26 Å². The summed E-state index contributed by atoms with van der Waals surface area (Å²) in [5.41, 5.74) is 0.351. The Morgan fingerprint density at radius 1 is 1.45 bits per heavy atom. The zero-order chi connectivity index (χ0) is 15.0. The molecule has 0 unspecified atom stereocenters. The molecule has 2 N–H and O–H groups in total. The zero-order valence-corrected chi connectivity index (χ0v) is 11.2. The van der Waals surface area contributed by atoms with Crippen LogP contribution in [0.15, 0.2) is 18.2 Å². The van der Waals surface area contributed by atoms with Gasteiger partial charge in [-0.05, 0) is 18.6 Å². The van der Waals surface area contributed by atoms with E-state index in [1.54, 1.807) is 6.07 Å². The van der Waals surface area contributed by atoms with Crippen LogP contribution in [-0.2, 0) is 4.79 Å². The number of nitrogens with zero attached hydrogens (tertiary/aromatic N) is 2. The molecule has 0 saturated heterocycles. The molecule has 0 aromatic heterocycles. The topological polar surface area (TPSA) is 108 Å². The SMILES string of the molecule is CCCNC(=O)CCNc1ccc([N+](=O)[O-])c(C#N)c1. The molecule has 0 atom stereocenters. The number of rotatable bonds is 7. The van der Waals surface area contributed by atoms with Gasteiger partial charge < -0.3 is 10.6 Å². The molecule has 106 valence electrons. The highest BCUT2D eigenvalue weighted by Gasteiger charge is 2.13. The van der Waals surface area contributed by atoms with Crippen molar-refractivity contribution in [3.05, 3.63) is 33.9 Å². The van der Waals surface area contributed by atoms with E-state index in [0.29, 0.717) is 25.2 Å². The summed E-state index contributed by atoms with van der Waals surface area (Å²) in [6, 6.07) is 5.98. The average Bonchev–Trinajstić information content (AvgIpc) is 2.44. The second-order valence-electron chi connectivity index (χ2n) is 4.13. The van der Waals surface area contributed by atoms with Gasteiger partial charge in [-0.3, -0.25) is 14.9 Å². The highest BCUT2D eigenvalue weighted by molar-refractivity contribution is 5.76. The van der Waals surface area contributed by atoms with Crippen molar-refractivity contribution in [2.45, 2.75) is 19.8 Å². The number of nitrogens with one attached hydrogen (secondary N) is 2. The van der Waals surface area contributed by atoms with Gasteiger partial charge in [0.2, 0.25) is 5.91 Å². The summed E-state index contributed by atoms with van der Waals surface area (Å²) < 4.78 is 0. The number of benzene rings is 1. The second-order valence-corrected chi connectivity index (χ2v) is 4.13. The Hall–Kier alpha value is -2.62. The van der Waals surface area contributed by atoms with E-state index in [1.807, 2.05) is 6.92 Å². The van der Waals surface area contributed by atoms with Gasteiger partial charge in [0.05, 0.1) is 4.92 Å². The van der Waals surface area contributed by atoms with Gasteiger partial charge in [0.25, 0.3) is 5.69 Å². The fraction of sp³-hybridized carbons (Fsp3) is 0.385. The zero-order valence-electron chi connectivity index (χ0n) is 11.2. The number of hydrogen-bond donors (Lipinski definition) is 2. The molecule has 1 rings (SSSR count). The first-order valence-corrected chi connectivity index (χ1v) is 6.27. The molecular weight excluding hydrogens is 260 g/mol. The van der Waals surface area contributed by atoms with E-state index in [-0.39, 0.29) is 17.2 Å². The van der Waals surface area contributed by atoms with Crippen LogP contribution in [0.1, 0.15) is 25.3 Å². The molecule has 0 aliphatic rings. The minimum absolute atomic E-state index is 0.00423. The van der Waals surface area contributed by atoms with E-state index in [0.717, 1.165) is 6.42 Å². The van der Waals surface area contributed by atoms with Crippen molar-refractivity contribution < 1.29 is 9.72 Å². The van der Waals surface area contributed by atoms with Gasteiger partial charge in [0.1, 0.15) is 11.6 Å². The first-order valence-electron chi connectivity index (χ1n) is 6.27. The maximum atomic E-state index is 11.4. The lowest BCUT2D eigenvalue weighted by molar-refractivity contribution is -0.385. The first kappa shape index (κ1) is 15.4. The largest absolute Gasteiger partial charge is 0.384 e. The number of nitro benzene ring substituents is 1. The van der Waals surface area contributed by atoms with E-state index >= 15 is 0 Å². The van der Waals surface area contributed by atoms with Gasteiger partial charge in [0.15, 0.2) is 0 Å². The van der Waals surface area contributed by atoms with Crippen LogP contribution in [-0.4, -0.2) is 23.9 Å². The van der Waals surface area contributed by atoms with Crippen LogP contribution < -0.4 is 10.6 Å². The van der Waals surface area contributed by atoms with E-state index in [2.05, 4.69) is 10.6 Å². The second kappa shape index (κ2) is 7.74. The average molecular weight is 276 g/mol. The Morgan fingerprint density at radius 3 is 2.80 bits per heavy atom. The van der Waals surface area contributed by atoms with Gasteiger partial charge in [-0.25, -0.2) is 0 Å². The van der Waals surface area contributed by atoms with Crippen LogP contribution in [0.5, 0.6) is 0 Å². The minimum Gasteiger partial charge on any atom is -0.384 e. The Kier molecular flexibility index (Phi) is 5.97. The quantitative estimate of drug-likeness (QED) is 0.583. The van der Waals surface area contributed by atoms with Crippen molar-refractivity contribution in [1.82, 2.24) is 5.32 Å². The smallest absolute Gasteiger partial charge is 0.287 e. The molecule has 0 aliphatic heterocycles. The van der Waals surface area contributed by atoms with Gasteiger partial charge in [-0.15, -0.1) is 0 Å². The molecule has 1 amide bonds. The molecule has 7 nitrogen and oxygen atoms in total. The molecule has 0 saturated carbocycles. The molecule has 1 aromatic rings. The fourth-order valence-electron chi connectivity index (χ4n) is 1.57. The van der Waals surface area contributed by atoms with Gasteiger partial charge >= 0.3 is 0 Å². The van der Waals surface area contributed by atoms with Crippen molar-refractivity contribution in [2.24, 2.45) is 0 Å². The van der Waals surface area contributed by atoms with Crippen molar-refractivity contribution in [2.75, 3.05) is 18.4 Å². The molecule has 7 heteroatoms. The lowest BCUT2D eigenvalue weighted by atomic mass is 10.1. The van der Waals surface area contributed by atoms with E-state index < -0.39 is 4.92 Å². The molecular formula is C13H16N4O3. The van der Waals surface area contributed by atoms with Gasteiger partial charge in [-0.2, -0.15) is 5.26 Å². The molecule has 1 aromatic carbocycles. The summed E-state index contributed by atoms with van der Waals surface area (Å²) in [6.45, 7) is 3.02. The van der Waals surface area contributed by atoms with E-state index in [1.165, 1.54) is 18.2 Å². The molecule has 0 fully saturated rings. The van der Waals surface area contributed by atoms with Crippen LogP contribution in [0.25, 0.3) is 0 Å². The number of nitriles is 1. The Morgan fingerprint density at radius 2 is 2.20 bits per heavy atom. The normalized spacial score (nSPS) is 9.60. The summed E-state index contributed by atoms with van der Waals surface area (Å²) in [5.74, 6) is -0.0539. The summed E-state index contributed by atoms with van der Waals surface area (Å²) in [4.78, 5) is 21.4. The number of carbonyl (C=O) groups is 1. The summed E-state index contributed by atoms with van der Waals surface area (Å²) in [6.07, 6.45) is 1.19. The van der Waals surface area contributed by atoms with Crippen LogP contribution in [0.2, 0.25) is 0 Å². The predicted octanol–water partition coefficient (Wildman–Crippen LogP) is 1.79. The maximum Gasteiger partial charge on any atom is 0.287 e. The maximum absolute atomic E-state index is 11.4.